The third kappa shape index (κ3) is 4.42. The fourth-order valence-electron chi connectivity index (χ4n) is 2.16. The summed E-state index contributed by atoms with van der Waals surface area (Å²) in [4.78, 5) is 25.2. The minimum Gasteiger partial charge on any atom is -0.478 e. The Bertz CT molecular complexity index is 759. The standard InChI is InChI=1S/C18H19N3O3/c1-21(2)14-8-4-3-7-13(11-14)12-19-20-17(22)15-9-5-6-10-16(15)18(23)24/h3,5-12H,4H2,1-2H3,(H,20,22)(H,23,24)/b19-12+. The second-order valence-corrected chi connectivity index (χ2v) is 5.36. The first-order valence-electron chi connectivity index (χ1n) is 7.40. The summed E-state index contributed by atoms with van der Waals surface area (Å²) in [6.07, 6.45) is 10.3. The highest BCUT2D eigenvalue weighted by Gasteiger charge is 2.14. The minimum atomic E-state index is -1.15. The molecule has 2 rings (SSSR count). The van der Waals surface area contributed by atoms with E-state index in [0.29, 0.717) is 0 Å². The Morgan fingerprint density at radius 2 is 1.96 bits per heavy atom. The molecule has 1 amide bonds. The van der Waals surface area contributed by atoms with E-state index < -0.39 is 11.9 Å². The number of allylic oxidation sites excluding steroid dienone is 5. The number of rotatable bonds is 5. The lowest BCUT2D eigenvalue weighted by Gasteiger charge is -2.13. The van der Waals surface area contributed by atoms with E-state index in [1.165, 1.54) is 18.3 Å². The van der Waals surface area contributed by atoms with Gasteiger partial charge in [-0.05, 0) is 30.2 Å². The van der Waals surface area contributed by atoms with Crippen molar-refractivity contribution in [3.63, 3.8) is 0 Å². The van der Waals surface area contributed by atoms with E-state index in [-0.39, 0.29) is 11.1 Å². The molecule has 124 valence electrons. The first-order chi connectivity index (χ1) is 11.5. The predicted octanol–water partition coefficient (Wildman–Crippen LogP) is 2.43. The second-order valence-electron chi connectivity index (χ2n) is 5.36. The summed E-state index contributed by atoms with van der Waals surface area (Å²) in [5.41, 5.74) is 4.26. The molecule has 0 fully saturated rings. The zero-order valence-electron chi connectivity index (χ0n) is 13.6. The van der Waals surface area contributed by atoms with Crippen LogP contribution in [-0.4, -0.2) is 42.2 Å². The summed E-state index contributed by atoms with van der Waals surface area (Å²) >= 11 is 0. The van der Waals surface area contributed by atoms with Crippen molar-refractivity contribution in [2.75, 3.05) is 14.1 Å². The first-order valence-corrected chi connectivity index (χ1v) is 7.40. The molecule has 6 heteroatoms. The summed E-state index contributed by atoms with van der Waals surface area (Å²) < 4.78 is 0. The molecule has 0 saturated carbocycles. The number of nitrogens with zero attached hydrogens (tertiary/aromatic N) is 2. The van der Waals surface area contributed by atoms with Crippen LogP contribution in [0.2, 0.25) is 0 Å². The number of hydrazone groups is 1. The molecule has 0 saturated heterocycles. The molecular weight excluding hydrogens is 306 g/mol. The van der Waals surface area contributed by atoms with Crippen LogP contribution in [0.25, 0.3) is 0 Å². The van der Waals surface area contributed by atoms with E-state index in [1.54, 1.807) is 12.1 Å². The van der Waals surface area contributed by atoms with Gasteiger partial charge < -0.3 is 10.0 Å². The molecule has 24 heavy (non-hydrogen) atoms. The number of aromatic carboxylic acids is 1. The van der Waals surface area contributed by atoms with Gasteiger partial charge in [0, 0.05) is 19.8 Å². The normalized spacial score (nSPS) is 13.9. The molecule has 0 radical (unpaired) electrons. The lowest BCUT2D eigenvalue weighted by molar-refractivity contribution is 0.0691. The van der Waals surface area contributed by atoms with Crippen molar-refractivity contribution in [1.82, 2.24) is 10.3 Å². The van der Waals surface area contributed by atoms with E-state index in [4.69, 9.17) is 5.11 Å². The Morgan fingerprint density at radius 1 is 1.25 bits per heavy atom. The van der Waals surface area contributed by atoms with Gasteiger partial charge in [0.1, 0.15) is 0 Å². The van der Waals surface area contributed by atoms with Crippen LogP contribution in [0.4, 0.5) is 0 Å². The third-order valence-electron chi connectivity index (χ3n) is 3.39. The summed E-state index contributed by atoms with van der Waals surface area (Å²) in [5.74, 6) is -1.72. The Labute approximate surface area is 140 Å². The number of hydrogen-bond donors (Lipinski definition) is 2. The Kier molecular flexibility index (Phi) is 5.68. The second kappa shape index (κ2) is 7.92. The van der Waals surface area contributed by atoms with Gasteiger partial charge in [-0.15, -0.1) is 0 Å². The van der Waals surface area contributed by atoms with Crippen LogP contribution in [0.1, 0.15) is 27.1 Å². The quantitative estimate of drug-likeness (QED) is 0.643. The van der Waals surface area contributed by atoms with Crippen molar-refractivity contribution < 1.29 is 14.7 Å². The van der Waals surface area contributed by atoms with Gasteiger partial charge in [-0.1, -0.05) is 30.4 Å². The summed E-state index contributed by atoms with van der Waals surface area (Å²) in [6, 6.07) is 6.01. The highest BCUT2D eigenvalue weighted by Crippen LogP contribution is 2.12. The maximum Gasteiger partial charge on any atom is 0.336 e. The molecule has 0 bridgehead atoms. The largest absolute Gasteiger partial charge is 0.478 e. The van der Waals surface area contributed by atoms with Gasteiger partial charge in [0.2, 0.25) is 0 Å². The SMILES string of the molecule is CN(C)C1=CCC=CC(/C=N/NC(=O)c2ccccc2C(=O)O)=C1. The van der Waals surface area contributed by atoms with Gasteiger partial charge in [0.15, 0.2) is 0 Å². The van der Waals surface area contributed by atoms with Gasteiger partial charge >= 0.3 is 5.97 Å². The molecule has 1 aromatic carbocycles. The molecule has 0 aromatic heterocycles. The molecule has 0 aliphatic heterocycles. The average Bonchev–Trinajstić information content (AvgIpc) is 2.80. The van der Waals surface area contributed by atoms with E-state index >= 15 is 0 Å². The summed E-state index contributed by atoms with van der Waals surface area (Å²) in [5, 5.41) is 13.0. The van der Waals surface area contributed by atoms with Crippen molar-refractivity contribution in [3.05, 3.63) is 71.0 Å². The Morgan fingerprint density at radius 3 is 2.62 bits per heavy atom. The molecule has 0 atom stereocenters. The zero-order chi connectivity index (χ0) is 17.5. The Hall–Kier alpha value is -3.15. The smallest absolute Gasteiger partial charge is 0.336 e. The van der Waals surface area contributed by atoms with Gasteiger partial charge in [0.25, 0.3) is 5.91 Å². The van der Waals surface area contributed by atoms with Crippen LogP contribution in [0.5, 0.6) is 0 Å². The van der Waals surface area contributed by atoms with E-state index in [2.05, 4.69) is 16.6 Å². The lowest BCUT2D eigenvalue weighted by atomic mass is 10.1. The first kappa shape index (κ1) is 17.2. The van der Waals surface area contributed by atoms with Crippen LogP contribution >= 0.6 is 0 Å². The van der Waals surface area contributed by atoms with Crippen LogP contribution in [-0.2, 0) is 0 Å². The van der Waals surface area contributed by atoms with Crippen molar-refractivity contribution in [2.45, 2.75) is 6.42 Å². The highest BCUT2D eigenvalue weighted by molar-refractivity contribution is 6.04. The van der Waals surface area contributed by atoms with Crippen LogP contribution in [0, 0.1) is 0 Å². The Balaban J connectivity index is 2.10. The average molecular weight is 325 g/mol. The number of carbonyl (C=O) groups excluding carboxylic acids is 1. The molecule has 2 N–H and O–H groups in total. The molecule has 0 spiro atoms. The third-order valence-corrected chi connectivity index (χ3v) is 3.39. The number of carboxylic acids is 1. The number of hydrogen-bond acceptors (Lipinski definition) is 4. The van der Waals surface area contributed by atoms with E-state index in [1.807, 2.05) is 37.2 Å². The van der Waals surface area contributed by atoms with Gasteiger partial charge in [-0.25, -0.2) is 10.2 Å². The highest BCUT2D eigenvalue weighted by atomic mass is 16.4. The number of nitrogens with one attached hydrogen (secondary N) is 1. The predicted molar refractivity (Wildman–Crippen MR) is 93.0 cm³/mol. The van der Waals surface area contributed by atoms with Gasteiger partial charge in [0.05, 0.1) is 17.3 Å². The van der Waals surface area contributed by atoms with Gasteiger partial charge in [-0.2, -0.15) is 5.10 Å². The van der Waals surface area contributed by atoms with Crippen molar-refractivity contribution in [2.24, 2.45) is 5.10 Å². The van der Waals surface area contributed by atoms with Crippen molar-refractivity contribution in [3.8, 4) is 0 Å². The molecule has 0 unspecified atom stereocenters. The molecule has 0 heterocycles. The summed E-state index contributed by atoms with van der Waals surface area (Å²) in [6.45, 7) is 0. The van der Waals surface area contributed by atoms with Crippen molar-refractivity contribution >= 4 is 18.1 Å². The van der Waals surface area contributed by atoms with E-state index in [0.717, 1.165) is 17.7 Å². The number of benzene rings is 1. The van der Waals surface area contributed by atoms with Crippen LogP contribution < -0.4 is 5.43 Å². The molecule has 1 aliphatic rings. The monoisotopic (exact) mass is 325 g/mol. The number of carbonyl (C=O) groups is 2. The van der Waals surface area contributed by atoms with Crippen LogP contribution in [0.3, 0.4) is 0 Å². The molecule has 1 aromatic rings. The fraction of sp³-hybridized carbons (Fsp3) is 0.167. The zero-order valence-corrected chi connectivity index (χ0v) is 13.6. The lowest BCUT2D eigenvalue weighted by Crippen LogP contribution is -2.20. The van der Waals surface area contributed by atoms with E-state index in [9.17, 15) is 9.59 Å². The topological polar surface area (TPSA) is 82.0 Å². The number of likely N-dealkylation sites (N-methyl/N-ethyl adjacent to an activating group) is 1. The number of amides is 1. The summed E-state index contributed by atoms with van der Waals surface area (Å²) in [7, 11) is 3.90. The number of carboxylic acid groups (broad SMARTS) is 1. The fourth-order valence-corrected chi connectivity index (χ4v) is 2.16. The van der Waals surface area contributed by atoms with Crippen molar-refractivity contribution in [1.29, 1.82) is 0 Å². The van der Waals surface area contributed by atoms with Crippen LogP contribution in [0.15, 0.2) is 64.9 Å². The molecule has 6 nitrogen and oxygen atoms in total. The van der Waals surface area contributed by atoms with Gasteiger partial charge in [-0.3, -0.25) is 4.79 Å². The molecular formula is C18H19N3O3. The maximum atomic E-state index is 12.1. The minimum absolute atomic E-state index is 0.0587. The molecule has 1 aliphatic carbocycles. The maximum absolute atomic E-state index is 12.1.